The van der Waals surface area contributed by atoms with E-state index in [0.29, 0.717) is 5.92 Å². The van der Waals surface area contributed by atoms with Gasteiger partial charge in [-0.2, -0.15) is 0 Å². The van der Waals surface area contributed by atoms with Crippen LogP contribution in [-0.4, -0.2) is 5.78 Å². The lowest BCUT2D eigenvalue weighted by Gasteiger charge is -2.37. The number of rotatable bonds is 3. The van der Waals surface area contributed by atoms with Gasteiger partial charge in [-0.05, 0) is 12.0 Å². The topological polar surface area (TPSA) is 17.1 Å². The Morgan fingerprint density at radius 3 is 2.64 bits per heavy atom. The minimum atomic E-state index is -0.0694. The van der Waals surface area contributed by atoms with Gasteiger partial charge in [0.15, 0.2) is 5.78 Å². The molecule has 76 valence electrons. The summed E-state index contributed by atoms with van der Waals surface area (Å²) in [4.78, 5) is 11.7. The van der Waals surface area contributed by atoms with Crippen LogP contribution in [0.15, 0.2) is 37.0 Å². The molecular formula is C13H18O. The average molecular weight is 190 g/mol. The van der Waals surface area contributed by atoms with Crippen molar-refractivity contribution in [3.63, 3.8) is 0 Å². The normalized spacial score (nSPS) is 30.7. The lowest BCUT2D eigenvalue weighted by Crippen LogP contribution is -2.35. The molecule has 0 fully saturated rings. The summed E-state index contributed by atoms with van der Waals surface area (Å²) in [6.07, 6.45) is 9.49. The zero-order valence-electron chi connectivity index (χ0n) is 9.16. The molecule has 2 unspecified atom stereocenters. The zero-order chi connectivity index (χ0) is 10.8. The van der Waals surface area contributed by atoms with Crippen LogP contribution in [0.4, 0.5) is 0 Å². The first kappa shape index (κ1) is 11.0. The SMILES string of the molecule is C=CC(=O)C1C=CC=CC1(C)C(C)C. The van der Waals surface area contributed by atoms with Gasteiger partial charge in [0.2, 0.25) is 0 Å². The van der Waals surface area contributed by atoms with Gasteiger partial charge in [-0.1, -0.05) is 51.7 Å². The van der Waals surface area contributed by atoms with Crippen LogP contribution in [0.3, 0.4) is 0 Å². The van der Waals surface area contributed by atoms with Crippen molar-refractivity contribution in [2.24, 2.45) is 17.3 Å². The van der Waals surface area contributed by atoms with Crippen LogP contribution in [0, 0.1) is 17.3 Å². The van der Waals surface area contributed by atoms with E-state index < -0.39 is 0 Å². The molecule has 1 rings (SSSR count). The van der Waals surface area contributed by atoms with Gasteiger partial charge < -0.3 is 0 Å². The van der Waals surface area contributed by atoms with Gasteiger partial charge in [-0.25, -0.2) is 0 Å². The van der Waals surface area contributed by atoms with Gasteiger partial charge in [0.25, 0.3) is 0 Å². The molecule has 0 radical (unpaired) electrons. The van der Waals surface area contributed by atoms with Crippen molar-refractivity contribution in [3.05, 3.63) is 37.0 Å². The van der Waals surface area contributed by atoms with E-state index >= 15 is 0 Å². The fourth-order valence-electron chi connectivity index (χ4n) is 1.83. The first-order valence-electron chi connectivity index (χ1n) is 5.04. The van der Waals surface area contributed by atoms with Crippen molar-refractivity contribution in [1.82, 2.24) is 0 Å². The largest absolute Gasteiger partial charge is 0.294 e. The Morgan fingerprint density at radius 2 is 2.14 bits per heavy atom. The third-order valence-electron chi connectivity index (χ3n) is 3.29. The van der Waals surface area contributed by atoms with Crippen LogP contribution >= 0.6 is 0 Å². The Balaban J connectivity index is 3.03. The van der Waals surface area contributed by atoms with Crippen LogP contribution in [0.5, 0.6) is 0 Å². The highest BCUT2D eigenvalue weighted by molar-refractivity contribution is 5.93. The van der Waals surface area contributed by atoms with E-state index in [1.807, 2.05) is 18.2 Å². The van der Waals surface area contributed by atoms with Crippen molar-refractivity contribution < 1.29 is 4.79 Å². The Hall–Kier alpha value is -1.11. The molecule has 0 amide bonds. The molecule has 2 atom stereocenters. The van der Waals surface area contributed by atoms with E-state index in [1.54, 1.807) is 0 Å². The maximum Gasteiger partial charge on any atom is 0.162 e. The predicted molar refractivity (Wildman–Crippen MR) is 59.9 cm³/mol. The molecule has 0 N–H and O–H groups in total. The quantitative estimate of drug-likeness (QED) is 0.625. The maximum absolute atomic E-state index is 11.7. The number of carbonyl (C=O) groups is 1. The van der Waals surface area contributed by atoms with E-state index in [4.69, 9.17) is 0 Å². The number of carbonyl (C=O) groups excluding carboxylic acids is 1. The first-order valence-corrected chi connectivity index (χ1v) is 5.04. The highest BCUT2D eigenvalue weighted by atomic mass is 16.1. The summed E-state index contributed by atoms with van der Waals surface area (Å²) in [5.74, 6) is 0.504. The fraction of sp³-hybridized carbons (Fsp3) is 0.462. The number of hydrogen-bond acceptors (Lipinski definition) is 1. The lowest BCUT2D eigenvalue weighted by molar-refractivity contribution is -0.119. The third kappa shape index (κ3) is 1.72. The molecule has 14 heavy (non-hydrogen) atoms. The highest BCUT2D eigenvalue weighted by Gasteiger charge is 2.37. The molecule has 0 heterocycles. The molecule has 0 saturated carbocycles. The molecular weight excluding hydrogens is 172 g/mol. The van der Waals surface area contributed by atoms with E-state index in [0.717, 1.165) is 0 Å². The Labute approximate surface area is 86.2 Å². The highest BCUT2D eigenvalue weighted by Crippen LogP contribution is 2.40. The third-order valence-corrected chi connectivity index (χ3v) is 3.29. The number of ketones is 1. The molecule has 0 bridgehead atoms. The molecule has 1 aliphatic carbocycles. The van der Waals surface area contributed by atoms with Crippen LogP contribution in [-0.2, 0) is 4.79 Å². The second-order valence-electron chi connectivity index (χ2n) is 4.35. The van der Waals surface area contributed by atoms with E-state index in [2.05, 4.69) is 33.4 Å². The van der Waals surface area contributed by atoms with Crippen molar-refractivity contribution in [3.8, 4) is 0 Å². The molecule has 0 aromatic rings. The average Bonchev–Trinajstić information content (AvgIpc) is 2.17. The van der Waals surface area contributed by atoms with Gasteiger partial charge in [0.05, 0.1) is 0 Å². The van der Waals surface area contributed by atoms with Gasteiger partial charge in [0.1, 0.15) is 0 Å². The van der Waals surface area contributed by atoms with E-state index in [-0.39, 0.29) is 17.1 Å². The number of hydrogen-bond donors (Lipinski definition) is 0. The second-order valence-corrected chi connectivity index (χ2v) is 4.35. The first-order chi connectivity index (χ1) is 6.52. The minimum Gasteiger partial charge on any atom is -0.294 e. The van der Waals surface area contributed by atoms with Crippen molar-refractivity contribution in [2.45, 2.75) is 20.8 Å². The smallest absolute Gasteiger partial charge is 0.162 e. The summed E-state index contributed by atoms with van der Waals surface area (Å²) in [6.45, 7) is 9.97. The number of allylic oxidation sites excluding steroid dienone is 5. The van der Waals surface area contributed by atoms with Gasteiger partial charge >= 0.3 is 0 Å². The molecule has 1 heteroatoms. The van der Waals surface area contributed by atoms with Crippen molar-refractivity contribution in [2.75, 3.05) is 0 Å². The molecule has 1 aliphatic rings. The van der Waals surface area contributed by atoms with Gasteiger partial charge in [-0.15, -0.1) is 0 Å². The summed E-state index contributed by atoms with van der Waals surface area (Å²) in [7, 11) is 0. The summed E-state index contributed by atoms with van der Waals surface area (Å²) in [5, 5.41) is 0. The molecule has 0 aliphatic heterocycles. The fourth-order valence-corrected chi connectivity index (χ4v) is 1.83. The summed E-state index contributed by atoms with van der Waals surface area (Å²) in [5.41, 5.74) is -0.0694. The van der Waals surface area contributed by atoms with Crippen molar-refractivity contribution >= 4 is 5.78 Å². The van der Waals surface area contributed by atoms with Crippen LogP contribution in [0.25, 0.3) is 0 Å². The summed E-state index contributed by atoms with van der Waals surface area (Å²) >= 11 is 0. The van der Waals surface area contributed by atoms with Crippen molar-refractivity contribution in [1.29, 1.82) is 0 Å². The van der Waals surface area contributed by atoms with Crippen LogP contribution < -0.4 is 0 Å². The predicted octanol–water partition coefficient (Wildman–Crippen LogP) is 3.15. The van der Waals surface area contributed by atoms with E-state index in [1.165, 1.54) is 6.08 Å². The monoisotopic (exact) mass is 190 g/mol. The second kappa shape index (κ2) is 3.95. The van der Waals surface area contributed by atoms with Crippen LogP contribution in [0.1, 0.15) is 20.8 Å². The molecule has 1 nitrogen and oxygen atoms in total. The van der Waals surface area contributed by atoms with Gasteiger partial charge in [0, 0.05) is 11.3 Å². The zero-order valence-corrected chi connectivity index (χ0v) is 9.16. The standard InChI is InChI=1S/C13H18O/c1-5-12(14)11-8-6-7-9-13(11,4)10(2)3/h5-11H,1H2,2-4H3. The lowest BCUT2D eigenvalue weighted by atomic mass is 9.66. The van der Waals surface area contributed by atoms with Crippen LogP contribution in [0.2, 0.25) is 0 Å². The molecule has 0 aromatic heterocycles. The Bertz CT molecular complexity index is 296. The molecule has 0 saturated heterocycles. The molecule has 0 spiro atoms. The van der Waals surface area contributed by atoms with E-state index in [9.17, 15) is 4.79 Å². The summed E-state index contributed by atoms with van der Waals surface area (Å²) < 4.78 is 0. The minimum absolute atomic E-state index is 0.0509. The Kier molecular flexibility index (Phi) is 3.10. The Morgan fingerprint density at radius 1 is 1.50 bits per heavy atom. The maximum atomic E-state index is 11.7. The van der Waals surface area contributed by atoms with Gasteiger partial charge in [-0.3, -0.25) is 4.79 Å². The summed E-state index contributed by atoms with van der Waals surface area (Å²) in [6, 6.07) is 0. The molecule has 0 aromatic carbocycles.